The number of nitrogens with two attached hydrogens (primary N) is 1. The summed E-state index contributed by atoms with van der Waals surface area (Å²) in [6.07, 6.45) is -2.93. The van der Waals surface area contributed by atoms with Gasteiger partial charge in [0.1, 0.15) is 6.33 Å². The Morgan fingerprint density at radius 3 is 2.55 bits per heavy atom. The molecule has 0 saturated carbocycles. The van der Waals surface area contributed by atoms with E-state index >= 15 is 0 Å². The Morgan fingerprint density at radius 1 is 1.25 bits per heavy atom. The summed E-state index contributed by atoms with van der Waals surface area (Å²) in [5.41, 5.74) is 5.14. The van der Waals surface area contributed by atoms with Crippen LogP contribution in [0.25, 0.3) is 11.4 Å². The van der Waals surface area contributed by atoms with Crippen LogP contribution in [0.5, 0.6) is 0 Å². The van der Waals surface area contributed by atoms with Gasteiger partial charge in [-0.1, -0.05) is 13.8 Å². The molecule has 0 aliphatic heterocycles. The molecule has 0 bridgehead atoms. The molecule has 0 unspecified atom stereocenters. The Balaban J connectivity index is 2.48. The topological polar surface area (TPSA) is 56.7 Å². The second-order valence-electron chi connectivity index (χ2n) is 5.04. The second-order valence-corrected chi connectivity index (χ2v) is 5.04. The molecule has 1 aromatic carbocycles. The maximum atomic E-state index is 12.8. The molecule has 0 atom stereocenters. The number of hydrogen-bond acceptors (Lipinski definition) is 3. The molecule has 1 heterocycles. The van der Waals surface area contributed by atoms with Gasteiger partial charge < -0.3 is 10.3 Å². The molecule has 0 saturated heterocycles. The van der Waals surface area contributed by atoms with Gasteiger partial charge in [0, 0.05) is 17.8 Å². The number of rotatable bonds is 3. The first-order chi connectivity index (χ1) is 9.27. The molecule has 0 fully saturated rings. The van der Waals surface area contributed by atoms with Crippen molar-refractivity contribution in [3.8, 4) is 11.4 Å². The molecule has 0 aliphatic rings. The van der Waals surface area contributed by atoms with Crippen molar-refractivity contribution >= 4 is 5.69 Å². The Hall–Kier alpha value is -2.05. The van der Waals surface area contributed by atoms with Crippen molar-refractivity contribution in [1.29, 1.82) is 0 Å². The molecule has 0 amide bonds. The van der Waals surface area contributed by atoms with E-state index in [1.165, 1.54) is 12.4 Å². The third-order valence-electron chi connectivity index (χ3n) is 2.72. The maximum absolute atomic E-state index is 12.8. The molecule has 20 heavy (non-hydrogen) atoms. The van der Waals surface area contributed by atoms with Crippen molar-refractivity contribution in [3.05, 3.63) is 30.1 Å². The quantitative estimate of drug-likeness (QED) is 0.880. The van der Waals surface area contributed by atoms with Gasteiger partial charge in [-0.2, -0.15) is 13.2 Å². The first kappa shape index (κ1) is 14.4. The van der Waals surface area contributed by atoms with Crippen LogP contribution in [0.4, 0.5) is 18.9 Å². The molecule has 2 N–H and O–H groups in total. The molecule has 2 rings (SSSR count). The van der Waals surface area contributed by atoms with Crippen LogP contribution < -0.4 is 5.73 Å². The minimum Gasteiger partial charge on any atom is -0.399 e. The van der Waals surface area contributed by atoms with Crippen LogP contribution in [-0.2, 0) is 12.7 Å². The highest BCUT2D eigenvalue weighted by atomic mass is 19.4. The van der Waals surface area contributed by atoms with Gasteiger partial charge >= 0.3 is 6.18 Å². The van der Waals surface area contributed by atoms with E-state index in [0.29, 0.717) is 23.9 Å². The average Bonchev–Trinajstić information content (AvgIpc) is 2.74. The zero-order valence-electron chi connectivity index (χ0n) is 11.1. The van der Waals surface area contributed by atoms with Gasteiger partial charge in [0.05, 0.1) is 5.56 Å². The van der Waals surface area contributed by atoms with Crippen LogP contribution in [0.2, 0.25) is 0 Å². The monoisotopic (exact) mass is 284 g/mol. The standard InChI is InChI=1S/C13H15F3N4/c1-8(2)6-20-7-18-19-12(20)9-3-10(13(14,15)16)5-11(17)4-9/h3-5,7-8H,6,17H2,1-2H3. The smallest absolute Gasteiger partial charge is 0.399 e. The Bertz CT molecular complexity index is 602. The fourth-order valence-electron chi connectivity index (χ4n) is 1.95. The van der Waals surface area contributed by atoms with Crippen LogP contribution in [0.15, 0.2) is 24.5 Å². The highest BCUT2D eigenvalue weighted by molar-refractivity contribution is 5.63. The van der Waals surface area contributed by atoms with Gasteiger partial charge in [0.15, 0.2) is 5.82 Å². The fraction of sp³-hybridized carbons (Fsp3) is 0.385. The van der Waals surface area contributed by atoms with E-state index in [0.717, 1.165) is 12.1 Å². The number of halogens is 3. The van der Waals surface area contributed by atoms with Crippen LogP contribution in [0.1, 0.15) is 19.4 Å². The highest BCUT2D eigenvalue weighted by Crippen LogP contribution is 2.33. The lowest BCUT2D eigenvalue weighted by molar-refractivity contribution is -0.137. The van der Waals surface area contributed by atoms with E-state index in [9.17, 15) is 13.2 Å². The Labute approximate surface area is 114 Å². The molecule has 108 valence electrons. The number of nitrogens with zero attached hydrogens (tertiary/aromatic N) is 3. The van der Waals surface area contributed by atoms with E-state index < -0.39 is 11.7 Å². The predicted octanol–water partition coefficient (Wildman–Crippen LogP) is 3.20. The van der Waals surface area contributed by atoms with Crippen LogP contribution in [-0.4, -0.2) is 14.8 Å². The van der Waals surface area contributed by atoms with Crippen LogP contribution >= 0.6 is 0 Å². The lowest BCUT2D eigenvalue weighted by Crippen LogP contribution is -2.08. The summed E-state index contributed by atoms with van der Waals surface area (Å²) in [7, 11) is 0. The molecule has 1 aromatic heterocycles. The SMILES string of the molecule is CC(C)Cn1cnnc1-c1cc(N)cc(C(F)(F)F)c1. The third kappa shape index (κ3) is 3.09. The van der Waals surface area contributed by atoms with Crippen molar-refractivity contribution in [2.24, 2.45) is 5.92 Å². The van der Waals surface area contributed by atoms with Crippen molar-refractivity contribution in [2.75, 3.05) is 5.73 Å². The molecule has 7 heteroatoms. The van der Waals surface area contributed by atoms with Gasteiger partial charge in [-0.25, -0.2) is 0 Å². The summed E-state index contributed by atoms with van der Waals surface area (Å²) in [5, 5.41) is 7.66. The van der Waals surface area contributed by atoms with Crippen molar-refractivity contribution in [3.63, 3.8) is 0 Å². The van der Waals surface area contributed by atoms with Gasteiger partial charge in [-0.15, -0.1) is 10.2 Å². The van der Waals surface area contributed by atoms with E-state index in [1.807, 2.05) is 13.8 Å². The number of anilines is 1. The number of aromatic nitrogens is 3. The molecular formula is C13H15F3N4. The van der Waals surface area contributed by atoms with E-state index in [-0.39, 0.29) is 5.69 Å². The minimum atomic E-state index is -4.44. The van der Waals surface area contributed by atoms with Gasteiger partial charge in [0.2, 0.25) is 0 Å². The lowest BCUT2D eigenvalue weighted by Gasteiger charge is -2.12. The fourth-order valence-corrected chi connectivity index (χ4v) is 1.95. The van der Waals surface area contributed by atoms with Crippen molar-refractivity contribution in [2.45, 2.75) is 26.6 Å². The van der Waals surface area contributed by atoms with Gasteiger partial charge in [0.25, 0.3) is 0 Å². The number of alkyl halides is 3. The molecule has 0 radical (unpaired) electrons. The van der Waals surface area contributed by atoms with Crippen molar-refractivity contribution < 1.29 is 13.2 Å². The normalized spacial score (nSPS) is 12.1. The molecule has 4 nitrogen and oxygen atoms in total. The summed E-state index contributed by atoms with van der Waals surface area (Å²) in [6.45, 7) is 4.63. The largest absolute Gasteiger partial charge is 0.416 e. The highest BCUT2D eigenvalue weighted by Gasteiger charge is 2.31. The average molecular weight is 284 g/mol. The number of hydrogen-bond donors (Lipinski definition) is 1. The van der Waals surface area contributed by atoms with Crippen molar-refractivity contribution in [1.82, 2.24) is 14.8 Å². The van der Waals surface area contributed by atoms with E-state index in [1.54, 1.807) is 4.57 Å². The third-order valence-corrected chi connectivity index (χ3v) is 2.72. The predicted molar refractivity (Wildman–Crippen MR) is 69.7 cm³/mol. The summed E-state index contributed by atoms with van der Waals surface area (Å²) >= 11 is 0. The van der Waals surface area contributed by atoms with Crippen LogP contribution in [0, 0.1) is 5.92 Å². The summed E-state index contributed by atoms with van der Waals surface area (Å²) < 4.78 is 40.1. The van der Waals surface area contributed by atoms with Crippen LogP contribution in [0.3, 0.4) is 0 Å². The zero-order chi connectivity index (χ0) is 14.9. The first-order valence-corrected chi connectivity index (χ1v) is 6.13. The number of benzene rings is 1. The van der Waals surface area contributed by atoms with E-state index in [2.05, 4.69) is 10.2 Å². The second kappa shape index (κ2) is 5.15. The molecule has 0 aliphatic carbocycles. The molecular weight excluding hydrogens is 269 g/mol. The zero-order valence-corrected chi connectivity index (χ0v) is 11.1. The first-order valence-electron chi connectivity index (χ1n) is 6.13. The summed E-state index contributed by atoms with van der Waals surface area (Å²) in [4.78, 5) is 0. The molecule has 2 aromatic rings. The Morgan fingerprint density at radius 2 is 1.95 bits per heavy atom. The summed E-state index contributed by atoms with van der Waals surface area (Å²) in [5.74, 6) is 0.712. The van der Waals surface area contributed by atoms with Gasteiger partial charge in [-0.3, -0.25) is 0 Å². The molecule has 0 spiro atoms. The number of nitrogen functional groups attached to an aromatic ring is 1. The lowest BCUT2D eigenvalue weighted by atomic mass is 10.1. The Kier molecular flexibility index (Phi) is 3.69. The minimum absolute atomic E-state index is 0.0499. The van der Waals surface area contributed by atoms with Gasteiger partial charge in [-0.05, 0) is 24.1 Å². The summed E-state index contributed by atoms with van der Waals surface area (Å²) in [6, 6.07) is 3.42. The maximum Gasteiger partial charge on any atom is 0.416 e. The van der Waals surface area contributed by atoms with E-state index in [4.69, 9.17) is 5.73 Å².